The molecule has 0 bridgehead atoms. The van der Waals surface area contributed by atoms with Crippen molar-refractivity contribution >= 4 is 81.0 Å². The molecular weight excluding hydrogens is 989 g/mol. The zero-order chi connectivity index (χ0) is 54.7. The van der Waals surface area contributed by atoms with Gasteiger partial charge in [0.15, 0.2) is 0 Å². The van der Waals surface area contributed by atoms with Gasteiger partial charge in [-0.3, -0.25) is 57.3 Å². The summed E-state index contributed by atoms with van der Waals surface area (Å²) in [6.07, 6.45) is 2.38. The fourth-order valence-corrected chi connectivity index (χ4v) is 10.4. The summed E-state index contributed by atoms with van der Waals surface area (Å²) in [5.74, 6) is -11.3. The molecule has 24 nitrogen and oxygen atoms in total. The van der Waals surface area contributed by atoms with Gasteiger partial charge in [0.05, 0.1) is 66.1 Å². The number of benzene rings is 3. The first-order chi connectivity index (χ1) is 35.3. The Labute approximate surface area is 420 Å². The second-order valence-corrected chi connectivity index (χ2v) is 19.1. The minimum Gasteiger partial charge on any atom is -0.478 e. The molecule has 1 fully saturated rings. The first-order valence-corrected chi connectivity index (χ1v) is 22.7. The molecule has 1 aliphatic carbocycles. The lowest BCUT2D eigenvalue weighted by molar-refractivity contribution is -0.139. The van der Waals surface area contributed by atoms with Crippen molar-refractivity contribution in [1.82, 2.24) is 18.9 Å². The van der Waals surface area contributed by atoms with E-state index in [-0.39, 0.29) is 58.7 Å². The molecule has 2 atom stereocenters. The first-order valence-electron chi connectivity index (χ1n) is 22.7. The van der Waals surface area contributed by atoms with Crippen LogP contribution in [0.4, 0.5) is 0 Å². The summed E-state index contributed by atoms with van der Waals surface area (Å²) in [6, 6.07) is 4.65. The SMILES string of the molecule is C=CC(=O)OCCOC(=O)c1cc2c(cc1C(=O)O)C(=O)N(Cn1c(=O)c3cc4c(=O)n(C5CC(C)(C)CC(C)(CN6C(=O)c7cc(C(=O)O)c(C(=O)OCCOC(=O)C=C)cc7C6=O)C5)c(=O)c4cc3c1=O)C2=O. The second kappa shape index (κ2) is 19.2. The summed E-state index contributed by atoms with van der Waals surface area (Å²) in [5, 5.41) is 18.6. The van der Waals surface area contributed by atoms with Gasteiger partial charge in [0.1, 0.15) is 33.1 Å². The molecule has 2 N–H and O–H groups in total. The third-order valence-electron chi connectivity index (χ3n) is 13.2. The topological polar surface area (TPSA) is 333 Å². The zero-order valence-electron chi connectivity index (χ0n) is 40.0. The van der Waals surface area contributed by atoms with Crippen molar-refractivity contribution in [1.29, 1.82) is 0 Å². The van der Waals surface area contributed by atoms with Crippen LogP contribution in [0.25, 0.3) is 21.5 Å². The van der Waals surface area contributed by atoms with Crippen molar-refractivity contribution in [3.8, 4) is 0 Å². The lowest BCUT2D eigenvalue weighted by Gasteiger charge is -2.47. The van der Waals surface area contributed by atoms with E-state index in [2.05, 4.69) is 13.2 Å². The number of aromatic nitrogens is 2. The van der Waals surface area contributed by atoms with E-state index >= 15 is 0 Å². The Morgan fingerprint density at radius 2 is 0.920 bits per heavy atom. The highest BCUT2D eigenvalue weighted by Crippen LogP contribution is 2.51. The minimum atomic E-state index is -1.68. The number of carbonyl (C=O) groups is 10. The van der Waals surface area contributed by atoms with Crippen LogP contribution in [0.5, 0.6) is 0 Å². The highest BCUT2D eigenvalue weighted by molar-refractivity contribution is 6.24. The van der Waals surface area contributed by atoms with E-state index in [1.165, 1.54) is 0 Å². The number of rotatable bonds is 17. The highest BCUT2D eigenvalue weighted by Gasteiger charge is 2.48. The number of amides is 4. The predicted molar refractivity (Wildman–Crippen MR) is 255 cm³/mol. The van der Waals surface area contributed by atoms with Crippen molar-refractivity contribution < 1.29 is 77.1 Å². The molecule has 75 heavy (non-hydrogen) atoms. The second-order valence-electron chi connectivity index (χ2n) is 19.1. The van der Waals surface area contributed by atoms with Gasteiger partial charge >= 0.3 is 35.8 Å². The third-order valence-corrected chi connectivity index (χ3v) is 13.2. The number of aromatic carboxylic acids is 2. The third kappa shape index (κ3) is 9.21. The summed E-state index contributed by atoms with van der Waals surface area (Å²) >= 11 is 0. The maximum Gasteiger partial charge on any atom is 0.339 e. The number of nitrogens with zero attached hydrogens (tertiary/aromatic N) is 4. The number of carbonyl (C=O) groups excluding carboxylic acids is 8. The largest absolute Gasteiger partial charge is 0.478 e. The van der Waals surface area contributed by atoms with Gasteiger partial charge in [-0.05, 0) is 66.5 Å². The molecule has 0 saturated heterocycles. The van der Waals surface area contributed by atoms with E-state index in [9.17, 15) is 77.3 Å². The number of ether oxygens (including phenoxy) is 4. The number of fused-ring (bicyclic) bond motifs is 4. The Hall–Kier alpha value is -9.48. The average Bonchev–Trinajstić information content (AvgIpc) is 3.93. The Balaban J connectivity index is 1.04. The summed E-state index contributed by atoms with van der Waals surface area (Å²) in [6.45, 7) is 8.86. The fraction of sp³-hybridized carbons (Fsp3) is 0.294. The molecule has 0 spiro atoms. The van der Waals surface area contributed by atoms with Crippen molar-refractivity contribution in [3.63, 3.8) is 0 Å². The Morgan fingerprint density at radius 1 is 0.547 bits per heavy atom. The molecule has 2 aromatic heterocycles. The van der Waals surface area contributed by atoms with Crippen LogP contribution < -0.4 is 22.2 Å². The summed E-state index contributed by atoms with van der Waals surface area (Å²) < 4.78 is 21.0. The minimum absolute atomic E-state index is 0.0409. The number of carboxylic acid groups (broad SMARTS) is 2. The number of hydrogen-bond acceptors (Lipinski definition) is 18. The molecule has 3 aromatic carbocycles. The molecule has 4 amide bonds. The van der Waals surface area contributed by atoms with Gasteiger partial charge in [-0.25, -0.2) is 28.8 Å². The molecular formula is C51H42N4O20. The molecule has 3 aliphatic rings. The van der Waals surface area contributed by atoms with Crippen molar-refractivity contribution in [2.45, 2.75) is 52.7 Å². The molecule has 386 valence electrons. The predicted octanol–water partition coefficient (Wildman–Crippen LogP) is 2.39. The lowest BCUT2D eigenvalue weighted by atomic mass is 9.62. The smallest absolute Gasteiger partial charge is 0.339 e. The van der Waals surface area contributed by atoms with E-state index < -0.39 is 158 Å². The highest BCUT2D eigenvalue weighted by atomic mass is 16.6. The molecule has 24 heteroatoms. The molecule has 5 aromatic rings. The van der Waals surface area contributed by atoms with Crippen LogP contribution in [0.15, 0.2) is 80.9 Å². The fourth-order valence-electron chi connectivity index (χ4n) is 10.4. The quantitative estimate of drug-likeness (QED) is 0.0444. The summed E-state index contributed by atoms with van der Waals surface area (Å²) in [7, 11) is 0. The van der Waals surface area contributed by atoms with Gasteiger partial charge in [-0.15, -0.1) is 0 Å². The van der Waals surface area contributed by atoms with Gasteiger partial charge < -0.3 is 29.2 Å². The van der Waals surface area contributed by atoms with E-state index in [4.69, 9.17) is 18.9 Å². The van der Waals surface area contributed by atoms with Gasteiger partial charge in [-0.1, -0.05) is 33.9 Å². The number of esters is 4. The molecule has 2 aliphatic heterocycles. The van der Waals surface area contributed by atoms with Crippen LogP contribution in [0.1, 0.15) is 129 Å². The van der Waals surface area contributed by atoms with Crippen LogP contribution in [0.3, 0.4) is 0 Å². The normalized spacial score (nSPS) is 17.7. The standard InChI is InChI=1S/C51H42N4O20/c1-6-36(56)72-8-10-74-48(70)34-16-28-26(14-32(34)46(66)67)38(58)52(39(28)59)21-51(5)19-23(18-50(3,4)20-51)55-44(64)30-12-24-25(13-31(30)45(55)65)41(61)53(40(24)60)22-54-42(62)27-15-33(47(68)69)35(17-29(27)43(54)63)49(71)75-11-9-73-37(57)7-2/h6-7,12-17,23H,1-2,8-11,18-22H2,3-5H3,(H,66,67)(H,68,69). The number of carboxylic acids is 2. The Kier molecular flexibility index (Phi) is 13.3. The van der Waals surface area contributed by atoms with Gasteiger partial charge in [-0.2, -0.15) is 0 Å². The maximum atomic E-state index is 14.3. The van der Waals surface area contributed by atoms with Crippen LogP contribution in [-0.4, -0.2) is 122 Å². The van der Waals surface area contributed by atoms with Gasteiger partial charge in [0.25, 0.3) is 45.9 Å². The molecule has 0 radical (unpaired) electrons. The number of hydrogen-bond donors (Lipinski definition) is 2. The summed E-state index contributed by atoms with van der Waals surface area (Å²) in [5.41, 5.74) is -9.48. The monoisotopic (exact) mass is 1030 g/mol. The maximum absolute atomic E-state index is 14.3. The van der Waals surface area contributed by atoms with E-state index in [0.717, 1.165) is 58.0 Å². The molecule has 2 unspecified atom stereocenters. The lowest BCUT2D eigenvalue weighted by Crippen LogP contribution is -2.47. The van der Waals surface area contributed by atoms with E-state index in [1.54, 1.807) is 6.92 Å². The molecule has 4 heterocycles. The molecule has 8 rings (SSSR count). The van der Waals surface area contributed by atoms with Gasteiger partial charge in [0.2, 0.25) is 0 Å². The summed E-state index contributed by atoms with van der Waals surface area (Å²) in [4.78, 5) is 186. The van der Waals surface area contributed by atoms with Gasteiger partial charge in [0, 0.05) is 24.7 Å². The van der Waals surface area contributed by atoms with Crippen molar-refractivity contribution in [3.05, 3.63) is 148 Å². The first kappa shape index (κ1) is 51.9. The van der Waals surface area contributed by atoms with E-state index in [1.807, 2.05) is 13.8 Å². The Bertz CT molecular complexity index is 3620. The Morgan fingerprint density at radius 3 is 1.32 bits per heavy atom. The van der Waals surface area contributed by atoms with Crippen molar-refractivity contribution in [2.75, 3.05) is 33.0 Å². The van der Waals surface area contributed by atoms with E-state index in [0.29, 0.717) is 15.9 Å². The van der Waals surface area contributed by atoms with Crippen LogP contribution in [-0.2, 0) is 35.2 Å². The number of imide groups is 2. The van der Waals surface area contributed by atoms with Crippen LogP contribution in [0, 0.1) is 10.8 Å². The average molecular weight is 1030 g/mol. The molecule has 1 saturated carbocycles. The zero-order valence-corrected chi connectivity index (χ0v) is 40.0. The van der Waals surface area contributed by atoms with Crippen LogP contribution >= 0.6 is 0 Å². The van der Waals surface area contributed by atoms with Crippen LogP contribution in [0.2, 0.25) is 0 Å². The van der Waals surface area contributed by atoms with Crippen molar-refractivity contribution in [2.24, 2.45) is 10.8 Å².